The third kappa shape index (κ3) is 2.99. The van der Waals surface area contributed by atoms with E-state index in [1.807, 2.05) is 12.4 Å². The quantitative estimate of drug-likeness (QED) is 0.503. The summed E-state index contributed by atoms with van der Waals surface area (Å²) < 4.78 is 2.09. The van der Waals surface area contributed by atoms with Gasteiger partial charge in [-0.2, -0.15) is 0 Å². The lowest BCUT2D eigenvalue weighted by atomic mass is 10.1. The van der Waals surface area contributed by atoms with Crippen LogP contribution in [0.2, 0.25) is 0 Å². The zero-order valence-corrected chi connectivity index (χ0v) is 17.4. The maximum absolute atomic E-state index is 12.6. The van der Waals surface area contributed by atoms with E-state index in [2.05, 4.69) is 46.6 Å². The molecule has 0 amide bonds. The molecule has 0 unspecified atom stereocenters. The van der Waals surface area contributed by atoms with Crippen LogP contribution in [0.1, 0.15) is 33.8 Å². The van der Waals surface area contributed by atoms with Crippen molar-refractivity contribution in [2.45, 2.75) is 44.0 Å². The molecule has 7 heteroatoms. The number of rotatable bonds is 4. The third-order valence-corrected chi connectivity index (χ3v) is 7.34. The molecule has 0 aliphatic heterocycles. The van der Waals surface area contributed by atoms with Crippen molar-refractivity contribution < 1.29 is 0 Å². The Bertz CT molecular complexity index is 1250. The van der Waals surface area contributed by atoms with Crippen molar-refractivity contribution in [3.8, 4) is 5.69 Å². The summed E-state index contributed by atoms with van der Waals surface area (Å²) in [7, 11) is 0. The molecule has 5 nitrogen and oxygen atoms in total. The van der Waals surface area contributed by atoms with Gasteiger partial charge in [0, 0.05) is 17.3 Å². The molecule has 1 aliphatic rings. The number of hydrogen-bond donors (Lipinski definition) is 1. The van der Waals surface area contributed by atoms with Crippen molar-refractivity contribution in [2.75, 3.05) is 0 Å². The molecule has 1 N–H and O–H groups in total. The topological polar surface area (TPSA) is 63.6 Å². The van der Waals surface area contributed by atoms with Crippen molar-refractivity contribution >= 4 is 33.3 Å². The predicted octanol–water partition coefficient (Wildman–Crippen LogP) is 4.57. The highest BCUT2D eigenvalue weighted by molar-refractivity contribution is 7.98. The van der Waals surface area contributed by atoms with Crippen LogP contribution in [0, 0.1) is 13.8 Å². The second-order valence-corrected chi connectivity index (χ2v) is 9.23. The normalized spacial score (nSPS) is 13.4. The van der Waals surface area contributed by atoms with Gasteiger partial charge < -0.3 is 4.98 Å². The molecule has 0 atom stereocenters. The van der Waals surface area contributed by atoms with Gasteiger partial charge in [-0.1, -0.05) is 29.5 Å². The number of imidazole rings is 1. The molecule has 4 aromatic rings. The Kier molecular flexibility index (Phi) is 4.36. The van der Waals surface area contributed by atoms with Gasteiger partial charge in [-0.3, -0.25) is 9.36 Å². The van der Waals surface area contributed by atoms with Crippen molar-refractivity contribution in [1.82, 2.24) is 19.5 Å². The SMILES string of the molecule is Cc1ccc(-n2ccnc2SCc2nc3sc4c(c3c(=O)[nH]2)CCC4)c(C)c1. The van der Waals surface area contributed by atoms with Crippen molar-refractivity contribution in [1.29, 1.82) is 0 Å². The molecule has 3 aromatic heterocycles. The van der Waals surface area contributed by atoms with E-state index in [4.69, 9.17) is 4.98 Å². The van der Waals surface area contributed by atoms with Crippen molar-refractivity contribution in [3.63, 3.8) is 0 Å². The number of fused-ring (bicyclic) bond motifs is 3. The molecule has 5 rings (SSSR count). The van der Waals surface area contributed by atoms with E-state index in [-0.39, 0.29) is 5.56 Å². The molecule has 0 saturated heterocycles. The zero-order valence-electron chi connectivity index (χ0n) is 15.8. The van der Waals surface area contributed by atoms with Crippen LogP contribution in [0.25, 0.3) is 15.9 Å². The Labute approximate surface area is 170 Å². The molecule has 28 heavy (non-hydrogen) atoms. The number of hydrogen-bond acceptors (Lipinski definition) is 5. The number of aromatic amines is 1. The molecular formula is C21H20N4OS2. The zero-order chi connectivity index (χ0) is 19.3. The van der Waals surface area contributed by atoms with Gasteiger partial charge in [0.25, 0.3) is 5.56 Å². The van der Waals surface area contributed by atoms with Gasteiger partial charge in [-0.05, 0) is 50.3 Å². The second-order valence-electron chi connectivity index (χ2n) is 7.21. The minimum Gasteiger partial charge on any atom is -0.309 e. The largest absolute Gasteiger partial charge is 0.309 e. The van der Waals surface area contributed by atoms with E-state index < -0.39 is 0 Å². The summed E-state index contributed by atoms with van der Waals surface area (Å²) >= 11 is 3.27. The Morgan fingerprint density at radius 3 is 3.04 bits per heavy atom. The predicted molar refractivity (Wildman–Crippen MR) is 115 cm³/mol. The maximum atomic E-state index is 12.6. The second kappa shape index (κ2) is 6.90. The Hall–Kier alpha value is -2.38. The van der Waals surface area contributed by atoms with Crippen LogP contribution in [0.15, 0.2) is 40.5 Å². The first-order valence-corrected chi connectivity index (χ1v) is 11.2. The van der Waals surface area contributed by atoms with E-state index in [0.29, 0.717) is 11.6 Å². The van der Waals surface area contributed by atoms with Gasteiger partial charge in [0.05, 0.1) is 16.8 Å². The van der Waals surface area contributed by atoms with Gasteiger partial charge in [-0.15, -0.1) is 11.3 Å². The lowest BCUT2D eigenvalue weighted by Crippen LogP contribution is -2.11. The minimum absolute atomic E-state index is 0.00211. The smallest absolute Gasteiger partial charge is 0.259 e. The Morgan fingerprint density at radius 1 is 1.29 bits per heavy atom. The Morgan fingerprint density at radius 2 is 2.18 bits per heavy atom. The van der Waals surface area contributed by atoms with E-state index in [9.17, 15) is 4.79 Å². The fraction of sp³-hybridized carbons (Fsp3) is 0.286. The summed E-state index contributed by atoms with van der Waals surface area (Å²) in [6.45, 7) is 4.21. The number of thiophene rings is 1. The maximum Gasteiger partial charge on any atom is 0.259 e. The number of nitrogens with zero attached hydrogens (tertiary/aromatic N) is 3. The fourth-order valence-electron chi connectivity index (χ4n) is 3.90. The van der Waals surface area contributed by atoms with Crippen LogP contribution < -0.4 is 5.56 Å². The average molecular weight is 409 g/mol. The number of H-pyrrole nitrogens is 1. The number of aryl methyl sites for hydroxylation is 4. The van der Waals surface area contributed by atoms with E-state index in [1.165, 1.54) is 21.6 Å². The first-order chi connectivity index (χ1) is 13.6. The molecule has 0 fully saturated rings. The fourth-order valence-corrected chi connectivity index (χ4v) is 6.02. The van der Waals surface area contributed by atoms with Crippen LogP contribution >= 0.6 is 23.1 Å². The summed E-state index contributed by atoms with van der Waals surface area (Å²) in [5.41, 5.74) is 4.79. The van der Waals surface area contributed by atoms with Crippen LogP contribution in [-0.2, 0) is 18.6 Å². The third-order valence-electron chi connectivity index (χ3n) is 5.18. The highest BCUT2D eigenvalue weighted by atomic mass is 32.2. The standard InChI is InChI=1S/C21H20N4OS2/c1-12-6-7-15(13(2)10-12)25-9-8-22-21(25)27-11-17-23-19(26)18-14-4-3-5-16(14)28-20(18)24-17/h6-10H,3-5,11H2,1-2H3,(H,23,24,26). The molecule has 1 aliphatic carbocycles. The van der Waals surface area contributed by atoms with E-state index in [1.54, 1.807) is 23.1 Å². The molecule has 0 bridgehead atoms. The lowest BCUT2D eigenvalue weighted by molar-refractivity contribution is 0.884. The Balaban J connectivity index is 1.43. The molecule has 0 saturated carbocycles. The van der Waals surface area contributed by atoms with Gasteiger partial charge >= 0.3 is 0 Å². The van der Waals surface area contributed by atoms with Crippen LogP contribution in [0.5, 0.6) is 0 Å². The van der Waals surface area contributed by atoms with Crippen LogP contribution in [0.4, 0.5) is 0 Å². The summed E-state index contributed by atoms with van der Waals surface area (Å²) in [6.07, 6.45) is 7.01. The first kappa shape index (κ1) is 17.7. The highest BCUT2D eigenvalue weighted by Gasteiger charge is 2.21. The van der Waals surface area contributed by atoms with Crippen LogP contribution in [0.3, 0.4) is 0 Å². The minimum atomic E-state index is -0.00211. The number of aromatic nitrogens is 4. The number of nitrogens with one attached hydrogen (secondary N) is 1. The van der Waals surface area contributed by atoms with Gasteiger partial charge in [0.2, 0.25) is 0 Å². The van der Waals surface area contributed by atoms with Gasteiger partial charge in [0.15, 0.2) is 5.16 Å². The van der Waals surface area contributed by atoms with E-state index in [0.717, 1.165) is 40.3 Å². The molecular weight excluding hydrogens is 388 g/mol. The van der Waals surface area contributed by atoms with Crippen LogP contribution in [-0.4, -0.2) is 19.5 Å². The van der Waals surface area contributed by atoms with E-state index >= 15 is 0 Å². The highest BCUT2D eigenvalue weighted by Crippen LogP contribution is 2.35. The molecule has 1 aromatic carbocycles. The molecule has 142 valence electrons. The number of benzene rings is 1. The molecule has 0 radical (unpaired) electrons. The molecule has 3 heterocycles. The summed E-state index contributed by atoms with van der Waals surface area (Å²) in [5, 5.41) is 1.70. The van der Waals surface area contributed by atoms with Crippen molar-refractivity contribution in [3.05, 3.63) is 68.3 Å². The average Bonchev–Trinajstić information content (AvgIpc) is 3.35. The number of thioether (sulfide) groups is 1. The summed E-state index contributed by atoms with van der Waals surface area (Å²) in [5.74, 6) is 1.29. The van der Waals surface area contributed by atoms with Crippen molar-refractivity contribution in [2.24, 2.45) is 0 Å². The molecule has 0 spiro atoms. The van der Waals surface area contributed by atoms with Gasteiger partial charge in [0.1, 0.15) is 10.7 Å². The summed E-state index contributed by atoms with van der Waals surface area (Å²) in [4.78, 5) is 27.1. The lowest BCUT2D eigenvalue weighted by Gasteiger charge is -2.11. The summed E-state index contributed by atoms with van der Waals surface area (Å²) in [6, 6.07) is 6.41. The van der Waals surface area contributed by atoms with Gasteiger partial charge in [-0.25, -0.2) is 9.97 Å². The monoisotopic (exact) mass is 408 g/mol. The first-order valence-electron chi connectivity index (χ1n) is 9.37.